The normalized spacial score (nSPS) is 38.9. The minimum Gasteiger partial charge on any atom is -0.455 e. The van der Waals surface area contributed by atoms with Gasteiger partial charge in [0.25, 0.3) is 5.91 Å². The molecule has 0 aromatic rings. The molecule has 1 aliphatic heterocycles. The van der Waals surface area contributed by atoms with Crippen molar-refractivity contribution in [2.75, 3.05) is 13.2 Å². The fourth-order valence-electron chi connectivity index (χ4n) is 7.14. The van der Waals surface area contributed by atoms with Crippen LogP contribution in [0.2, 0.25) is 0 Å². The van der Waals surface area contributed by atoms with Crippen LogP contribution in [-0.4, -0.2) is 47.4 Å². The number of hydrogen-bond acceptors (Lipinski definition) is 4. The van der Waals surface area contributed by atoms with Gasteiger partial charge in [0.2, 0.25) is 5.91 Å². The van der Waals surface area contributed by atoms with Gasteiger partial charge in [-0.2, -0.15) is 0 Å². The van der Waals surface area contributed by atoms with Gasteiger partial charge in [-0.15, -0.1) is 0 Å². The molecule has 0 radical (unpaired) electrons. The van der Waals surface area contributed by atoms with Crippen LogP contribution in [0.5, 0.6) is 0 Å². The molecule has 4 aliphatic carbocycles. The lowest BCUT2D eigenvalue weighted by Gasteiger charge is -2.60. The van der Waals surface area contributed by atoms with Crippen molar-refractivity contribution in [3.63, 3.8) is 0 Å². The van der Waals surface area contributed by atoms with Gasteiger partial charge in [0.05, 0.1) is 5.41 Å². The first-order valence-corrected chi connectivity index (χ1v) is 11.1. The second-order valence-corrected chi connectivity index (χ2v) is 9.92. The number of ether oxygens (including phenoxy) is 1. The molecule has 0 aromatic heterocycles. The predicted octanol–water partition coefficient (Wildman–Crippen LogP) is 2.80. The third kappa shape index (κ3) is 3.55. The number of carbonyl (C=O) groups is 3. The highest BCUT2D eigenvalue weighted by Crippen LogP contribution is 2.62. The first-order valence-electron chi connectivity index (χ1n) is 11.1. The smallest absolute Gasteiger partial charge is 0.312 e. The van der Waals surface area contributed by atoms with E-state index in [0.29, 0.717) is 18.3 Å². The second-order valence-electron chi connectivity index (χ2n) is 9.92. The number of esters is 1. The standard InChI is InChI=1S/C22H34N2O4/c1-3-18-6-4-5-7-24(18)19(26)13-28-20(27)21-9-16-8-17(10-21)12-22(11-16,14-21)23-15(2)25/h16-18H,3-14H2,1-2H3,(H,23,25). The molecule has 5 rings (SSSR count). The van der Waals surface area contributed by atoms with Crippen LogP contribution in [-0.2, 0) is 19.1 Å². The van der Waals surface area contributed by atoms with E-state index in [9.17, 15) is 14.4 Å². The zero-order valence-electron chi connectivity index (χ0n) is 17.3. The molecule has 0 aromatic carbocycles. The van der Waals surface area contributed by atoms with Crippen molar-refractivity contribution in [1.82, 2.24) is 10.2 Å². The maximum absolute atomic E-state index is 13.2. The van der Waals surface area contributed by atoms with Crippen LogP contribution in [0.25, 0.3) is 0 Å². The Balaban J connectivity index is 1.42. The van der Waals surface area contributed by atoms with Crippen LogP contribution in [0.4, 0.5) is 0 Å². The maximum atomic E-state index is 13.2. The third-order valence-corrected chi connectivity index (χ3v) is 7.68. The monoisotopic (exact) mass is 390 g/mol. The van der Waals surface area contributed by atoms with Crippen LogP contribution in [0.1, 0.15) is 78.1 Å². The lowest BCUT2D eigenvalue weighted by molar-refractivity contribution is -0.178. The molecule has 4 saturated carbocycles. The third-order valence-electron chi connectivity index (χ3n) is 7.68. The summed E-state index contributed by atoms with van der Waals surface area (Å²) in [7, 11) is 0. The van der Waals surface area contributed by atoms with Gasteiger partial charge in [0.15, 0.2) is 6.61 Å². The number of likely N-dealkylation sites (tertiary alicyclic amines) is 1. The van der Waals surface area contributed by atoms with E-state index >= 15 is 0 Å². The molecule has 2 amide bonds. The van der Waals surface area contributed by atoms with Gasteiger partial charge in [-0.1, -0.05) is 6.92 Å². The Morgan fingerprint density at radius 2 is 1.82 bits per heavy atom. The Labute approximate surface area is 167 Å². The van der Waals surface area contributed by atoms with Gasteiger partial charge in [0, 0.05) is 25.0 Å². The highest BCUT2D eigenvalue weighted by molar-refractivity contribution is 5.84. The molecule has 1 saturated heterocycles. The molecule has 4 bridgehead atoms. The zero-order valence-corrected chi connectivity index (χ0v) is 17.3. The number of hydrogen-bond donors (Lipinski definition) is 1. The van der Waals surface area contributed by atoms with Crippen molar-refractivity contribution in [1.29, 1.82) is 0 Å². The van der Waals surface area contributed by atoms with Crippen molar-refractivity contribution in [2.45, 2.75) is 89.6 Å². The van der Waals surface area contributed by atoms with E-state index in [1.165, 1.54) is 6.42 Å². The summed E-state index contributed by atoms with van der Waals surface area (Å²) in [5.74, 6) is 0.665. The summed E-state index contributed by atoms with van der Waals surface area (Å²) < 4.78 is 5.64. The minimum absolute atomic E-state index is 0.0173. The van der Waals surface area contributed by atoms with E-state index in [1.54, 1.807) is 6.92 Å². The molecule has 5 fully saturated rings. The average Bonchev–Trinajstić information content (AvgIpc) is 2.63. The summed E-state index contributed by atoms with van der Waals surface area (Å²) in [5, 5.41) is 3.18. The predicted molar refractivity (Wildman–Crippen MR) is 104 cm³/mol. The van der Waals surface area contributed by atoms with E-state index in [-0.39, 0.29) is 36.0 Å². The number of rotatable bonds is 5. The fraction of sp³-hybridized carbons (Fsp3) is 0.864. The molecule has 1 N–H and O–H groups in total. The Bertz CT molecular complexity index is 647. The minimum atomic E-state index is -0.515. The number of carbonyl (C=O) groups excluding carboxylic acids is 3. The summed E-state index contributed by atoms with van der Waals surface area (Å²) in [6.45, 7) is 4.31. The molecule has 3 atom stereocenters. The van der Waals surface area contributed by atoms with Crippen molar-refractivity contribution >= 4 is 17.8 Å². The number of nitrogens with zero attached hydrogens (tertiary/aromatic N) is 1. The Morgan fingerprint density at radius 1 is 1.11 bits per heavy atom. The summed E-state index contributed by atoms with van der Waals surface area (Å²) in [4.78, 5) is 39.5. The fourth-order valence-corrected chi connectivity index (χ4v) is 7.14. The molecule has 6 nitrogen and oxygen atoms in total. The molecule has 0 spiro atoms. The van der Waals surface area contributed by atoms with E-state index in [4.69, 9.17) is 4.74 Å². The molecule has 28 heavy (non-hydrogen) atoms. The van der Waals surface area contributed by atoms with E-state index in [2.05, 4.69) is 12.2 Å². The number of amides is 2. The Hall–Kier alpha value is -1.59. The van der Waals surface area contributed by atoms with Crippen LogP contribution in [0.15, 0.2) is 0 Å². The van der Waals surface area contributed by atoms with Gasteiger partial charge in [-0.05, 0) is 76.0 Å². The van der Waals surface area contributed by atoms with Gasteiger partial charge in [0.1, 0.15) is 0 Å². The van der Waals surface area contributed by atoms with Crippen molar-refractivity contribution in [3.8, 4) is 0 Å². The van der Waals surface area contributed by atoms with Crippen molar-refractivity contribution in [2.24, 2.45) is 17.3 Å². The molecular formula is C22H34N2O4. The zero-order chi connectivity index (χ0) is 19.9. The van der Waals surface area contributed by atoms with Crippen LogP contribution in [0.3, 0.4) is 0 Å². The van der Waals surface area contributed by atoms with Gasteiger partial charge < -0.3 is 15.0 Å². The van der Waals surface area contributed by atoms with Crippen LogP contribution >= 0.6 is 0 Å². The highest BCUT2D eigenvalue weighted by Gasteiger charge is 2.61. The molecule has 6 heteroatoms. The number of piperidine rings is 1. The first kappa shape index (κ1) is 19.7. The molecule has 5 aliphatic rings. The maximum Gasteiger partial charge on any atom is 0.312 e. The van der Waals surface area contributed by atoms with Crippen LogP contribution in [0, 0.1) is 17.3 Å². The van der Waals surface area contributed by atoms with Gasteiger partial charge in [-0.25, -0.2) is 0 Å². The summed E-state index contributed by atoms with van der Waals surface area (Å²) in [6, 6.07) is 0.280. The lowest BCUT2D eigenvalue weighted by Crippen LogP contribution is -2.64. The lowest BCUT2D eigenvalue weighted by atomic mass is 9.47. The Kier molecular flexibility index (Phi) is 5.17. The highest BCUT2D eigenvalue weighted by atomic mass is 16.5. The summed E-state index contributed by atoms with van der Waals surface area (Å²) in [6.07, 6.45) is 9.66. The topological polar surface area (TPSA) is 75.7 Å². The quantitative estimate of drug-likeness (QED) is 0.733. The van der Waals surface area contributed by atoms with E-state index < -0.39 is 5.41 Å². The summed E-state index contributed by atoms with van der Waals surface area (Å²) in [5.41, 5.74) is -0.766. The second kappa shape index (κ2) is 7.34. The van der Waals surface area contributed by atoms with Crippen molar-refractivity contribution < 1.29 is 19.1 Å². The first-order chi connectivity index (χ1) is 13.3. The van der Waals surface area contributed by atoms with Crippen LogP contribution < -0.4 is 5.32 Å². The van der Waals surface area contributed by atoms with E-state index in [0.717, 1.165) is 57.9 Å². The van der Waals surface area contributed by atoms with Crippen molar-refractivity contribution in [3.05, 3.63) is 0 Å². The number of nitrogens with one attached hydrogen (secondary N) is 1. The molecule has 1 heterocycles. The van der Waals surface area contributed by atoms with Gasteiger partial charge in [-0.3, -0.25) is 14.4 Å². The molecule has 156 valence electrons. The SMILES string of the molecule is CCC1CCCCN1C(=O)COC(=O)C12CC3CC(CC(NC(C)=O)(C3)C1)C2. The average molecular weight is 391 g/mol. The molecule has 3 unspecified atom stereocenters. The molecular weight excluding hydrogens is 356 g/mol. The van der Waals surface area contributed by atoms with Gasteiger partial charge >= 0.3 is 5.97 Å². The summed E-state index contributed by atoms with van der Waals surface area (Å²) >= 11 is 0. The largest absolute Gasteiger partial charge is 0.455 e. The van der Waals surface area contributed by atoms with E-state index in [1.807, 2.05) is 4.90 Å². The Morgan fingerprint density at radius 3 is 2.46 bits per heavy atom.